The van der Waals surface area contributed by atoms with Gasteiger partial charge in [0.1, 0.15) is 0 Å². The highest BCUT2D eigenvalue weighted by Crippen LogP contribution is 2.31. The summed E-state index contributed by atoms with van der Waals surface area (Å²) < 4.78 is 0. The number of carbonyl (C=O) groups excluding carboxylic acids is 1. The van der Waals surface area contributed by atoms with Crippen molar-refractivity contribution in [3.8, 4) is 0 Å². The molecule has 5 N–H and O–H groups in total. The van der Waals surface area contributed by atoms with Crippen LogP contribution in [-0.4, -0.2) is 38.5 Å². The molecule has 150 valence electrons. The highest BCUT2D eigenvalue weighted by Gasteiger charge is 2.26. The maximum Gasteiger partial charge on any atom is 0.317 e. The van der Waals surface area contributed by atoms with Crippen LogP contribution in [0.4, 0.5) is 10.7 Å². The van der Waals surface area contributed by atoms with Gasteiger partial charge in [-0.05, 0) is 41.2 Å². The molecule has 2 heterocycles. The van der Waals surface area contributed by atoms with Crippen molar-refractivity contribution in [2.24, 2.45) is 0 Å². The number of anilines is 1. The number of aliphatic carboxylic acids is 1. The Balaban J connectivity index is 1.45. The van der Waals surface area contributed by atoms with Crippen LogP contribution in [0.2, 0.25) is 0 Å². The van der Waals surface area contributed by atoms with E-state index >= 15 is 0 Å². The fraction of sp³-hybridized carbons (Fsp3) is 0.286. The number of amides is 2. The molecule has 0 aliphatic carbocycles. The van der Waals surface area contributed by atoms with Crippen LogP contribution >= 0.6 is 0 Å². The number of rotatable bonds is 4. The summed E-state index contributed by atoms with van der Waals surface area (Å²) in [6.45, 7) is 1.35. The number of nitrogen functional groups attached to an aromatic ring is 1. The van der Waals surface area contributed by atoms with Crippen LogP contribution in [0.3, 0.4) is 0 Å². The molecule has 2 aromatic carbocycles. The van der Waals surface area contributed by atoms with Crippen LogP contribution in [-0.2, 0) is 17.9 Å². The fourth-order valence-electron chi connectivity index (χ4n) is 3.90. The first-order chi connectivity index (χ1) is 14.0. The molecule has 1 atom stereocenters. The van der Waals surface area contributed by atoms with Gasteiger partial charge in [-0.25, -0.2) is 9.78 Å². The summed E-state index contributed by atoms with van der Waals surface area (Å²) in [5.41, 5.74) is 10.2. The number of carbonyl (C=O) groups is 2. The zero-order chi connectivity index (χ0) is 20.4. The third-order valence-corrected chi connectivity index (χ3v) is 5.32. The number of H-pyrrole nitrogens is 1. The molecule has 3 aromatic rings. The van der Waals surface area contributed by atoms with E-state index in [9.17, 15) is 14.7 Å². The smallest absolute Gasteiger partial charge is 0.317 e. The Morgan fingerprint density at radius 1 is 1.28 bits per heavy atom. The predicted molar refractivity (Wildman–Crippen MR) is 109 cm³/mol. The lowest BCUT2D eigenvalue weighted by Gasteiger charge is -2.21. The quantitative estimate of drug-likeness (QED) is 0.542. The van der Waals surface area contributed by atoms with E-state index in [0.29, 0.717) is 32.0 Å². The zero-order valence-electron chi connectivity index (χ0n) is 15.9. The number of imidazole rings is 1. The number of nitrogens with two attached hydrogens (primary N) is 1. The molecule has 2 amide bonds. The van der Waals surface area contributed by atoms with Gasteiger partial charge in [-0.15, -0.1) is 0 Å². The first kappa shape index (κ1) is 18.8. The number of benzene rings is 2. The van der Waals surface area contributed by atoms with Gasteiger partial charge in [-0.3, -0.25) is 4.79 Å². The lowest BCUT2D eigenvalue weighted by molar-refractivity contribution is -0.137. The molecular weight excluding hydrogens is 370 g/mol. The lowest BCUT2D eigenvalue weighted by Crippen LogP contribution is -2.39. The summed E-state index contributed by atoms with van der Waals surface area (Å²) in [7, 11) is 0. The molecule has 29 heavy (non-hydrogen) atoms. The van der Waals surface area contributed by atoms with Crippen molar-refractivity contribution in [2.75, 3.05) is 12.3 Å². The normalized spacial score (nSPS) is 16.3. The molecule has 0 bridgehead atoms. The van der Waals surface area contributed by atoms with E-state index in [1.807, 2.05) is 42.5 Å². The van der Waals surface area contributed by atoms with Gasteiger partial charge in [-0.1, -0.05) is 30.3 Å². The van der Waals surface area contributed by atoms with Crippen molar-refractivity contribution < 1.29 is 14.7 Å². The van der Waals surface area contributed by atoms with Crippen molar-refractivity contribution in [1.29, 1.82) is 0 Å². The molecule has 0 radical (unpaired) electrons. The first-order valence-electron chi connectivity index (χ1n) is 9.56. The van der Waals surface area contributed by atoms with E-state index in [1.54, 1.807) is 4.90 Å². The minimum absolute atomic E-state index is 0.0692. The third kappa shape index (κ3) is 4.16. The molecule has 1 unspecified atom stereocenters. The number of fused-ring (bicyclic) bond motifs is 2. The Hall–Kier alpha value is -3.55. The molecular formula is C21H23N5O3. The number of hydrogen-bond donors (Lipinski definition) is 4. The molecule has 1 aliphatic rings. The first-order valence-corrected chi connectivity index (χ1v) is 9.56. The monoisotopic (exact) mass is 393 g/mol. The number of nitrogens with zero attached hydrogens (tertiary/aromatic N) is 2. The highest BCUT2D eigenvalue weighted by atomic mass is 16.4. The van der Waals surface area contributed by atoms with Gasteiger partial charge >= 0.3 is 12.0 Å². The number of hydrogen-bond acceptors (Lipinski definition) is 4. The highest BCUT2D eigenvalue weighted by molar-refractivity contribution is 5.78. The summed E-state index contributed by atoms with van der Waals surface area (Å²) in [6, 6.07) is 13.3. The third-order valence-electron chi connectivity index (χ3n) is 5.32. The summed E-state index contributed by atoms with van der Waals surface area (Å²) >= 11 is 0. The van der Waals surface area contributed by atoms with Gasteiger partial charge in [0.15, 0.2) is 5.95 Å². The fourth-order valence-corrected chi connectivity index (χ4v) is 3.90. The maximum absolute atomic E-state index is 12.8. The van der Waals surface area contributed by atoms with Crippen molar-refractivity contribution in [3.05, 3.63) is 59.2 Å². The number of carboxylic acid groups (broad SMARTS) is 1. The van der Waals surface area contributed by atoms with E-state index in [-0.39, 0.29) is 18.4 Å². The molecule has 4 rings (SSSR count). The van der Waals surface area contributed by atoms with Crippen molar-refractivity contribution >= 4 is 29.0 Å². The van der Waals surface area contributed by atoms with E-state index in [2.05, 4.69) is 15.3 Å². The lowest BCUT2D eigenvalue weighted by atomic mass is 9.90. The van der Waals surface area contributed by atoms with Crippen molar-refractivity contribution in [3.63, 3.8) is 0 Å². The topological polar surface area (TPSA) is 124 Å². The van der Waals surface area contributed by atoms with Gasteiger partial charge in [0.2, 0.25) is 0 Å². The maximum atomic E-state index is 12.8. The molecule has 8 heteroatoms. The Kier molecular flexibility index (Phi) is 5.07. The van der Waals surface area contributed by atoms with E-state index in [4.69, 9.17) is 5.73 Å². The molecule has 0 spiro atoms. The summed E-state index contributed by atoms with van der Waals surface area (Å²) in [4.78, 5) is 32.9. The predicted octanol–water partition coefficient (Wildman–Crippen LogP) is 2.82. The van der Waals surface area contributed by atoms with Crippen molar-refractivity contribution in [1.82, 2.24) is 20.2 Å². The average Bonchev–Trinajstić information content (AvgIpc) is 2.97. The largest absolute Gasteiger partial charge is 0.481 e. The SMILES string of the molecule is Nc1nc2ccc(CNC(=O)N3CCC(CC(=O)O)c4ccccc4C3)cc2[nH]1. The second-order valence-corrected chi connectivity index (χ2v) is 7.34. The number of carboxylic acids is 1. The van der Waals surface area contributed by atoms with Gasteiger partial charge in [0.05, 0.1) is 17.5 Å². The Morgan fingerprint density at radius 2 is 2.10 bits per heavy atom. The minimum Gasteiger partial charge on any atom is -0.481 e. The van der Waals surface area contributed by atoms with Crippen LogP contribution in [0, 0.1) is 0 Å². The second-order valence-electron chi connectivity index (χ2n) is 7.34. The van der Waals surface area contributed by atoms with Crippen molar-refractivity contribution in [2.45, 2.75) is 31.8 Å². The molecule has 1 aliphatic heterocycles. The van der Waals surface area contributed by atoms with Gasteiger partial charge in [-0.2, -0.15) is 0 Å². The van der Waals surface area contributed by atoms with Crippen LogP contribution in [0.1, 0.15) is 35.4 Å². The van der Waals surface area contributed by atoms with Crippen LogP contribution < -0.4 is 11.1 Å². The Morgan fingerprint density at radius 3 is 2.93 bits per heavy atom. The number of aromatic nitrogens is 2. The summed E-state index contributed by atoms with van der Waals surface area (Å²) in [5.74, 6) is -0.549. The standard InChI is InChI=1S/C21H23N5O3/c22-20-24-17-6-5-13(9-18(17)25-20)11-23-21(29)26-8-7-14(10-19(27)28)16-4-2-1-3-15(16)12-26/h1-6,9,14H,7-8,10-12H2,(H,23,29)(H,27,28)(H3,22,24,25). The van der Waals surface area contributed by atoms with E-state index in [1.165, 1.54) is 0 Å². The number of nitrogens with one attached hydrogen (secondary N) is 2. The molecule has 8 nitrogen and oxygen atoms in total. The molecule has 0 fully saturated rings. The molecule has 1 aromatic heterocycles. The van der Waals surface area contributed by atoms with Gasteiger partial charge in [0.25, 0.3) is 0 Å². The van der Waals surface area contributed by atoms with Gasteiger partial charge < -0.3 is 26.0 Å². The summed E-state index contributed by atoms with van der Waals surface area (Å²) in [6.07, 6.45) is 0.690. The van der Waals surface area contributed by atoms with Gasteiger partial charge in [0, 0.05) is 19.6 Å². The number of urea groups is 1. The van der Waals surface area contributed by atoms with Crippen LogP contribution in [0.15, 0.2) is 42.5 Å². The van der Waals surface area contributed by atoms with Crippen LogP contribution in [0.25, 0.3) is 11.0 Å². The number of aromatic amines is 1. The average molecular weight is 393 g/mol. The molecule has 0 saturated carbocycles. The van der Waals surface area contributed by atoms with E-state index < -0.39 is 5.97 Å². The second kappa shape index (κ2) is 7.83. The zero-order valence-corrected chi connectivity index (χ0v) is 15.9. The summed E-state index contributed by atoms with van der Waals surface area (Å²) in [5, 5.41) is 12.2. The van der Waals surface area contributed by atoms with E-state index in [0.717, 1.165) is 27.7 Å². The van der Waals surface area contributed by atoms with Crippen LogP contribution in [0.5, 0.6) is 0 Å². The molecule has 0 saturated heterocycles. The Bertz CT molecular complexity index is 1060. The Labute approximate surface area is 167 Å². The minimum atomic E-state index is -0.822.